The Morgan fingerprint density at radius 1 is 1.06 bits per heavy atom. The third-order valence-corrected chi connectivity index (χ3v) is 7.01. The summed E-state index contributed by atoms with van der Waals surface area (Å²) >= 11 is -2.46. The molecule has 0 saturated carbocycles. The Hall–Kier alpha value is -1.85. The van der Waals surface area contributed by atoms with E-state index in [1.165, 1.54) is 24.3 Å². The second kappa shape index (κ2) is 10.2. The van der Waals surface area contributed by atoms with E-state index in [2.05, 4.69) is 14.4 Å². The van der Waals surface area contributed by atoms with E-state index < -0.39 is 52.5 Å². The van der Waals surface area contributed by atoms with Crippen molar-refractivity contribution in [2.75, 3.05) is 12.8 Å². The van der Waals surface area contributed by atoms with Gasteiger partial charge in [0.05, 0.1) is 17.7 Å². The summed E-state index contributed by atoms with van der Waals surface area (Å²) in [5.74, 6) is -0.737. The van der Waals surface area contributed by atoms with Crippen LogP contribution in [0.2, 0.25) is 0 Å². The van der Waals surface area contributed by atoms with Crippen LogP contribution in [-0.2, 0) is 68.2 Å². The number of phenols is 1. The fourth-order valence-corrected chi connectivity index (χ4v) is 4.48. The van der Waals surface area contributed by atoms with Crippen LogP contribution in [0, 0.1) is 0 Å². The third kappa shape index (κ3) is 5.81. The van der Waals surface area contributed by atoms with Crippen molar-refractivity contribution < 1.29 is 72.1 Å². The SMILES string of the molecule is COS(=O)(=O)c1cc2cc(S(=O)(=O)O)cc(N)c2c(O)c1N=Nc1ccc(S(=O)[O-])cc1.[Y+3]. The van der Waals surface area contributed by atoms with E-state index in [0.29, 0.717) is 0 Å². The molecule has 0 bridgehead atoms. The Kier molecular flexibility index (Phi) is 8.46. The Balaban J connectivity index is 0.00000385. The number of fused-ring (bicyclic) bond motifs is 1. The first kappa shape index (κ1) is 27.4. The van der Waals surface area contributed by atoms with E-state index in [0.717, 1.165) is 25.3 Å². The smallest absolute Gasteiger partial charge is 0.768 e. The van der Waals surface area contributed by atoms with Gasteiger partial charge in [0.1, 0.15) is 10.6 Å². The van der Waals surface area contributed by atoms with Crippen molar-refractivity contribution in [2.45, 2.75) is 14.7 Å². The maximum atomic E-state index is 12.4. The fraction of sp³-hybridized carbons (Fsp3) is 0.0588. The van der Waals surface area contributed by atoms with Crippen molar-refractivity contribution in [3.05, 3.63) is 42.5 Å². The van der Waals surface area contributed by atoms with Crippen LogP contribution in [0.3, 0.4) is 0 Å². The normalized spacial score (nSPS) is 13.2. The molecule has 0 aromatic heterocycles. The van der Waals surface area contributed by atoms with Gasteiger partial charge < -0.3 is 15.4 Å². The van der Waals surface area contributed by atoms with Crippen LogP contribution in [0.5, 0.6) is 5.75 Å². The van der Waals surface area contributed by atoms with Crippen LogP contribution < -0.4 is 5.73 Å². The van der Waals surface area contributed by atoms with E-state index in [-0.39, 0.29) is 59.8 Å². The standard InChI is InChI=1S/C17H15N3O9S3.Y/c1-29-32(27,28)14-7-9-6-12(31(24,25)26)8-13(18)15(9)17(21)16(14)20-19-10-2-4-11(5-3-10)30(22)23;/h2-8,21H,18H2,1H3,(H,22,23)(H,24,25,26);/q;+3/p-1. The number of phenolic OH excluding ortho intramolecular Hbond substituents is 1. The van der Waals surface area contributed by atoms with Gasteiger partial charge in [0, 0.05) is 16.0 Å². The summed E-state index contributed by atoms with van der Waals surface area (Å²) in [6.45, 7) is 0. The van der Waals surface area contributed by atoms with Gasteiger partial charge in [-0.05, 0) is 58.9 Å². The topological polar surface area (TPSA) is 209 Å². The molecule has 1 unspecified atom stereocenters. The number of nitrogen functional groups attached to an aromatic ring is 1. The molecular formula is C17H14N3O9S3Y+2. The number of nitrogens with two attached hydrogens (primary N) is 1. The molecule has 0 amide bonds. The maximum Gasteiger partial charge on any atom is 3.00 e. The van der Waals surface area contributed by atoms with Gasteiger partial charge in [0.2, 0.25) is 0 Å². The summed E-state index contributed by atoms with van der Waals surface area (Å²) < 4.78 is 83.4. The maximum absolute atomic E-state index is 12.4. The minimum absolute atomic E-state index is 0. The molecule has 0 spiro atoms. The molecule has 33 heavy (non-hydrogen) atoms. The zero-order valence-electron chi connectivity index (χ0n) is 16.6. The largest absolute Gasteiger partial charge is 3.00 e. The molecule has 170 valence electrons. The van der Waals surface area contributed by atoms with Crippen LogP contribution in [0.25, 0.3) is 10.8 Å². The molecule has 0 fully saturated rings. The Labute approximate surface area is 215 Å². The zero-order chi connectivity index (χ0) is 23.8. The number of hydrogen-bond acceptors (Lipinski definition) is 11. The van der Waals surface area contributed by atoms with Gasteiger partial charge in [-0.25, -0.2) is 0 Å². The zero-order valence-corrected chi connectivity index (χ0v) is 21.9. The predicted octanol–water partition coefficient (Wildman–Crippen LogP) is 2.36. The van der Waals surface area contributed by atoms with Gasteiger partial charge in [-0.15, -0.1) is 5.11 Å². The van der Waals surface area contributed by atoms with Crippen molar-refractivity contribution in [2.24, 2.45) is 10.2 Å². The van der Waals surface area contributed by atoms with Crippen molar-refractivity contribution >= 4 is 59.2 Å². The summed E-state index contributed by atoms with van der Waals surface area (Å²) in [6, 6.07) is 7.81. The molecule has 1 atom stereocenters. The van der Waals surface area contributed by atoms with E-state index in [1.54, 1.807) is 0 Å². The molecule has 0 aliphatic rings. The summed E-state index contributed by atoms with van der Waals surface area (Å²) in [5.41, 5.74) is 5.12. The number of azo groups is 1. The molecule has 0 aliphatic heterocycles. The molecule has 12 nitrogen and oxygen atoms in total. The molecule has 0 aliphatic carbocycles. The summed E-state index contributed by atoms with van der Waals surface area (Å²) in [5, 5.41) is 18.0. The van der Waals surface area contributed by atoms with Crippen molar-refractivity contribution in [3.8, 4) is 5.75 Å². The van der Waals surface area contributed by atoms with E-state index >= 15 is 0 Å². The van der Waals surface area contributed by atoms with Crippen LogP contribution >= 0.6 is 0 Å². The molecule has 0 saturated heterocycles. The molecule has 3 rings (SSSR count). The van der Waals surface area contributed by atoms with Gasteiger partial charge in [-0.1, -0.05) is 0 Å². The molecule has 16 heteroatoms. The number of anilines is 1. The number of aromatic hydroxyl groups is 1. The third-order valence-electron chi connectivity index (χ3n) is 4.24. The molecule has 4 N–H and O–H groups in total. The molecule has 3 aromatic rings. The monoisotopic (exact) mass is 589 g/mol. The first-order valence-electron chi connectivity index (χ1n) is 8.33. The molecular weight excluding hydrogens is 575 g/mol. The van der Waals surface area contributed by atoms with Gasteiger partial charge in [-0.2, -0.15) is 21.9 Å². The minimum atomic E-state index is -4.68. The summed E-state index contributed by atoms with van der Waals surface area (Å²) in [6.07, 6.45) is 0. The number of benzene rings is 3. The van der Waals surface area contributed by atoms with E-state index in [4.69, 9.17) is 5.73 Å². The number of hydrogen-bond donors (Lipinski definition) is 3. The number of nitrogens with zero attached hydrogens (tertiary/aromatic N) is 2. The van der Waals surface area contributed by atoms with Crippen LogP contribution in [-0.4, -0.2) is 42.4 Å². The van der Waals surface area contributed by atoms with E-state index in [9.17, 15) is 35.3 Å². The summed E-state index contributed by atoms with van der Waals surface area (Å²) in [4.78, 5) is -1.28. The molecule has 0 heterocycles. The van der Waals surface area contributed by atoms with Crippen molar-refractivity contribution in [1.29, 1.82) is 0 Å². The average Bonchev–Trinajstić information content (AvgIpc) is 2.72. The van der Waals surface area contributed by atoms with Crippen molar-refractivity contribution in [3.63, 3.8) is 0 Å². The van der Waals surface area contributed by atoms with E-state index in [1.807, 2.05) is 0 Å². The Morgan fingerprint density at radius 2 is 1.67 bits per heavy atom. The van der Waals surface area contributed by atoms with Gasteiger partial charge in [0.25, 0.3) is 20.2 Å². The first-order valence-corrected chi connectivity index (χ1v) is 12.3. The van der Waals surface area contributed by atoms with Crippen LogP contribution in [0.1, 0.15) is 0 Å². The number of rotatable bonds is 6. The summed E-state index contributed by atoms with van der Waals surface area (Å²) in [7, 11) is -8.29. The molecule has 3 aromatic carbocycles. The van der Waals surface area contributed by atoms with Crippen LogP contribution in [0.15, 0.2) is 67.4 Å². The predicted molar refractivity (Wildman–Crippen MR) is 112 cm³/mol. The van der Waals surface area contributed by atoms with Gasteiger partial charge in [-0.3, -0.25) is 12.9 Å². The van der Waals surface area contributed by atoms with Crippen LogP contribution in [0.4, 0.5) is 17.1 Å². The minimum Gasteiger partial charge on any atom is -0.768 e. The fourth-order valence-electron chi connectivity index (χ4n) is 2.75. The Bertz CT molecular complexity index is 1490. The Morgan fingerprint density at radius 3 is 2.18 bits per heavy atom. The second-order valence-electron chi connectivity index (χ2n) is 6.21. The van der Waals surface area contributed by atoms with Crippen molar-refractivity contribution in [1.82, 2.24) is 0 Å². The first-order chi connectivity index (χ1) is 14.8. The van der Waals surface area contributed by atoms with Gasteiger partial charge >= 0.3 is 32.7 Å². The quantitative estimate of drug-likeness (QED) is 0.126. The van der Waals surface area contributed by atoms with Gasteiger partial charge in [0.15, 0.2) is 5.75 Å². The average molecular weight is 589 g/mol. The molecule has 0 radical (unpaired) electrons. The second-order valence-corrected chi connectivity index (χ2v) is 10.3.